The molecule has 5 nitrogen and oxygen atoms in total. The van der Waals surface area contributed by atoms with Crippen molar-refractivity contribution < 1.29 is 5.11 Å². The smallest absolute Gasteiger partial charge is 0.162 e. The molecule has 0 unspecified atom stereocenters. The molecule has 0 bridgehead atoms. The van der Waals surface area contributed by atoms with E-state index in [1.807, 2.05) is 91.0 Å². The standard InChI is InChI=1S/C27H19BrN4O/c28-21-13-10-20(11-14-21)27-30-24(19-7-2-1-3-8-19)16-26(31-27)32-29-17-23-22-9-5-4-6-18(22)12-15-25(23)33/h1-17,33H,(H,30,31,32)/b29-17+. The van der Waals surface area contributed by atoms with Crippen molar-refractivity contribution in [3.63, 3.8) is 0 Å². The van der Waals surface area contributed by atoms with Gasteiger partial charge in [0.25, 0.3) is 0 Å². The Bertz CT molecular complexity index is 1450. The van der Waals surface area contributed by atoms with Crippen LogP contribution in [0.3, 0.4) is 0 Å². The fourth-order valence-electron chi connectivity index (χ4n) is 3.57. The van der Waals surface area contributed by atoms with Gasteiger partial charge in [-0.05, 0) is 29.0 Å². The second-order valence-electron chi connectivity index (χ2n) is 7.42. The van der Waals surface area contributed by atoms with Gasteiger partial charge in [-0.2, -0.15) is 5.10 Å². The summed E-state index contributed by atoms with van der Waals surface area (Å²) < 4.78 is 0.989. The lowest BCUT2D eigenvalue weighted by atomic mass is 10.0. The molecule has 0 aliphatic rings. The highest BCUT2D eigenvalue weighted by atomic mass is 79.9. The number of rotatable bonds is 5. The van der Waals surface area contributed by atoms with Crippen LogP contribution in [0.1, 0.15) is 5.56 Å². The summed E-state index contributed by atoms with van der Waals surface area (Å²) in [4.78, 5) is 9.43. The van der Waals surface area contributed by atoms with Crippen LogP contribution in [-0.2, 0) is 0 Å². The molecule has 0 saturated heterocycles. The Morgan fingerprint density at radius 1 is 0.788 bits per heavy atom. The summed E-state index contributed by atoms with van der Waals surface area (Å²) in [7, 11) is 0. The van der Waals surface area contributed by atoms with Gasteiger partial charge in [0.05, 0.1) is 11.9 Å². The molecule has 0 atom stereocenters. The molecule has 160 valence electrons. The number of anilines is 1. The number of nitrogens with zero attached hydrogens (tertiary/aromatic N) is 3. The van der Waals surface area contributed by atoms with E-state index in [0.29, 0.717) is 17.2 Å². The average Bonchev–Trinajstić information content (AvgIpc) is 2.86. The van der Waals surface area contributed by atoms with Crippen LogP contribution in [0, 0.1) is 0 Å². The SMILES string of the molecule is Oc1ccc2ccccc2c1/C=N/Nc1cc(-c2ccccc2)nc(-c2ccc(Br)cc2)n1. The van der Waals surface area contributed by atoms with Crippen molar-refractivity contribution in [2.45, 2.75) is 0 Å². The van der Waals surface area contributed by atoms with E-state index in [-0.39, 0.29) is 5.75 Å². The highest BCUT2D eigenvalue weighted by Gasteiger charge is 2.09. The number of phenols is 1. The molecule has 2 N–H and O–H groups in total. The third-order valence-electron chi connectivity index (χ3n) is 5.22. The van der Waals surface area contributed by atoms with Gasteiger partial charge in [0.1, 0.15) is 5.75 Å². The zero-order chi connectivity index (χ0) is 22.6. The maximum Gasteiger partial charge on any atom is 0.162 e. The molecule has 0 saturated carbocycles. The van der Waals surface area contributed by atoms with Gasteiger partial charge in [0.2, 0.25) is 0 Å². The van der Waals surface area contributed by atoms with Crippen molar-refractivity contribution >= 4 is 38.7 Å². The maximum atomic E-state index is 10.4. The molecular formula is C27H19BrN4O. The van der Waals surface area contributed by atoms with Gasteiger partial charge in [0.15, 0.2) is 11.6 Å². The van der Waals surface area contributed by atoms with E-state index in [9.17, 15) is 5.11 Å². The van der Waals surface area contributed by atoms with Crippen LogP contribution >= 0.6 is 15.9 Å². The first-order valence-corrected chi connectivity index (χ1v) is 11.2. The van der Waals surface area contributed by atoms with Gasteiger partial charge in [-0.3, -0.25) is 5.43 Å². The number of phenolic OH excluding ortho intramolecular Hbond substituents is 1. The van der Waals surface area contributed by atoms with E-state index in [1.54, 1.807) is 12.3 Å². The van der Waals surface area contributed by atoms with E-state index in [4.69, 9.17) is 4.98 Å². The highest BCUT2D eigenvalue weighted by Crippen LogP contribution is 2.27. The third-order valence-corrected chi connectivity index (χ3v) is 5.75. The molecule has 4 aromatic carbocycles. The first-order chi connectivity index (χ1) is 16.2. The van der Waals surface area contributed by atoms with Gasteiger partial charge in [-0.25, -0.2) is 9.97 Å². The van der Waals surface area contributed by atoms with Crippen LogP contribution in [-0.4, -0.2) is 21.3 Å². The molecule has 0 amide bonds. The second kappa shape index (κ2) is 9.22. The van der Waals surface area contributed by atoms with Crippen molar-refractivity contribution in [1.82, 2.24) is 9.97 Å². The van der Waals surface area contributed by atoms with Crippen LogP contribution in [0.15, 0.2) is 107 Å². The minimum absolute atomic E-state index is 0.169. The Balaban J connectivity index is 1.52. The summed E-state index contributed by atoms with van der Waals surface area (Å²) >= 11 is 3.47. The van der Waals surface area contributed by atoms with Gasteiger partial charge in [-0.15, -0.1) is 0 Å². The maximum absolute atomic E-state index is 10.4. The number of aromatic nitrogens is 2. The quantitative estimate of drug-likeness (QED) is 0.206. The molecule has 0 aliphatic carbocycles. The highest BCUT2D eigenvalue weighted by molar-refractivity contribution is 9.10. The molecule has 6 heteroatoms. The molecular weight excluding hydrogens is 476 g/mol. The number of nitrogens with one attached hydrogen (secondary N) is 1. The summed E-state index contributed by atoms with van der Waals surface area (Å²) in [5.41, 5.74) is 6.33. The summed E-state index contributed by atoms with van der Waals surface area (Å²) in [6.07, 6.45) is 1.61. The summed E-state index contributed by atoms with van der Waals surface area (Å²) in [5, 5.41) is 16.7. The van der Waals surface area contributed by atoms with E-state index in [0.717, 1.165) is 32.1 Å². The third kappa shape index (κ3) is 4.61. The number of fused-ring (bicyclic) bond motifs is 1. The van der Waals surface area contributed by atoms with Crippen LogP contribution < -0.4 is 5.43 Å². The van der Waals surface area contributed by atoms with Crippen molar-refractivity contribution in [3.05, 3.63) is 107 Å². The zero-order valence-electron chi connectivity index (χ0n) is 17.5. The Hall–Kier alpha value is -4.03. The number of benzene rings is 4. The minimum Gasteiger partial charge on any atom is -0.507 e. The van der Waals surface area contributed by atoms with Crippen molar-refractivity contribution in [2.75, 3.05) is 5.43 Å². The molecule has 33 heavy (non-hydrogen) atoms. The van der Waals surface area contributed by atoms with Gasteiger partial charge < -0.3 is 5.11 Å². The van der Waals surface area contributed by atoms with Crippen molar-refractivity contribution in [1.29, 1.82) is 0 Å². The molecule has 1 aromatic heterocycles. The van der Waals surface area contributed by atoms with Crippen LogP contribution in [0.4, 0.5) is 5.82 Å². The van der Waals surface area contributed by atoms with Crippen LogP contribution in [0.2, 0.25) is 0 Å². The first kappa shape index (κ1) is 20.8. The zero-order valence-corrected chi connectivity index (χ0v) is 19.1. The fraction of sp³-hybridized carbons (Fsp3) is 0. The monoisotopic (exact) mass is 494 g/mol. The molecule has 1 heterocycles. The average molecular weight is 495 g/mol. The Kier molecular flexibility index (Phi) is 5.83. The van der Waals surface area contributed by atoms with Crippen LogP contribution in [0.25, 0.3) is 33.4 Å². The van der Waals surface area contributed by atoms with E-state index in [2.05, 4.69) is 31.4 Å². The Labute approximate surface area is 199 Å². The van der Waals surface area contributed by atoms with E-state index in [1.165, 1.54) is 0 Å². The summed E-state index contributed by atoms with van der Waals surface area (Å²) in [6, 6.07) is 31.1. The number of halogens is 1. The van der Waals surface area contributed by atoms with E-state index < -0.39 is 0 Å². The number of hydrogen-bond acceptors (Lipinski definition) is 5. The molecule has 5 rings (SSSR count). The van der Waals surface area contributed by atoms with Crippen LogP contribution in [0.5, 0.6) is 5.75 Å². The normalized spacial score (nSPS) is 11.2. The van der Waals surface area contributed by atoms with Gasteiger partial charge in [-0.1, -0.05) is 88.7 Å². The predicted octanol–water partition coefficient (Wildman–Crippen LogP) is 6.88. The molecule has 0 fully saturated rings. The Morgan fingerprint density at radius 3 is 2.36 bits per heavy atom. The number of aromatic hydroxyl groups is 1. The lowest BCUT2D eigenvalue weighted by Gasteiger charge is -2.09. The predicted molar refractivity (Wildman–Crippen MR) is 137 cm³/mol. The molecule has 0 spiro atoms. The van der Waals surface area contributed by atoms with E-state index >= 15 is 0 Å². The summed E-state index contributed by atoms with van der Waals surface area (Å²) in [5.74, 6) is 1.31. The topological polar surface area (TPSA) is 70.4 Å². The molecule has 0 radical (unpaired) electrons. The lowest BCUT2D eigenvalue weighted by Crippen LogP contribution is -1.99. The largest absolute Gasteiger partial charge is 0.507 e. The summed E-state index contributed by atoms with van der Waals surface area (Å²) in [6.45, 7) is 0. The molecule has 0 aliphatic heterocycles. The number of hydrogen-bond donors (Lipinski definition) is 2. The minimum atomic E-state index is 0.169. The van der Waals surface area contributed by atoms with Gasteiger partial charge in [0, 0.05) is 27.2 Å². The second-order valence-corrected chi connectivity index (χ2v) is 8.34. The lowest BCUT2D eigenvalue weighted by molar-refractivity contribution is 0.475. The van der Waals surface area contributed by atoms with Crippen molar-refractivity contribution in [2.24, 2.45) is 5.10 Å². The first-order valence-electron chi connectivity index (χ1n) is 10.4. The van der Waals surface area contributed by atoms with Gasteiger partial charge >= 0.3 is 0 Å². The van der Waals surface area contributed by atoms with Crippen molar-refractivity contribution in [3.8, 4) is 28.4 Å². The Morgan fingerprint density at radius 2 is 1.55 bits per heavy atom. The fourth-order valence-corrected chi connectivity index (χ4v) is 3.84. The number of hydrazone groups is 1. The molecule has 5 aromatic rings.